The molecular weight excluding hydrogens is 116 g/mol. The normalized spacial score (nSPS) is 17.6. The zero-order valence-corrected chi connectivity index (χ0v) is 5.26. The molecule has 0 unspecified atom stereocenters. The molecule has 3 nitrogen and oxygen atoms in total. The molecule has 3 heteroatoms. The predicted molar refractivity (Wildman–Crippen MR) is 35.1 cm³/mol. The summed E-state index contributed by atoms with van der Waals surface area (Å²) in [5, 5.41) is 3.84. The highest BCUT2D eigenvalue weighted by molar-refractivity contribution is 5.86. The summed E-state index contributed by atoms with van der Waals surface area (Å²) in [5.74, 6) is 0. The minimum atomic E-state index is 0.602. The molecule has 0 atom stereocenters. The molecule has 0 heterocycles. The van der Waals surface area contributed by atoms with Gasteiger partial charge in [-0.25, -0.2) is 5.43 Å². The average molecular weight is 126 g/mol. The van der Waals surface area contributed by atoms with Crippen molar-refractivity contribution in [1.29, 1.82) is 0 Å². The van der Waals surface area contributed by atoms with Gasteiger partial charge in [-0.2, -0.15) is 5.10 Å². The first-order chi connectivity index (χ1) is 4.43. The van der Waals surface area contributed by atoms with Gasteiger partial charge in [0.2, 0.25) is 6.41 Å². The summed E-state index contributed by atoms with van der Waals surface area (Å²) in [7, 11) is 0. The van der Waals surface area contributed by atoms with Crippen LogP contribution in [0.3, 0.4) is 0 Å². The highest BCUT2D eigenvalue weighted by Crippen LogP contribution is 2.13. The number of amides is 1. The van der Waals surface area contributed by atoms with Crippen LogP contribution in [0.2, 0.25) is 0 Å². The fourth-order valence-electron chi connectivity index (χ4n) is 1.01. The molecule has 0 bridgehead atoms. The first-order valence-electron chi connectivity index (χ1n) is 3.18. The maximum Gasteiger partial charge on any atom is 0.227 e. The van der Waals surface area contributed by atoms with E-state index in [4.69, 9.17) is 0 Å². The molecule has 1 fully saturated rings. The van der Waals surface area contributed by atoms with Gasteiger partial charge in [-0.05, 0) is 25.7 Å². The Labute approximate surface area is 54.1 Å². The Hall–Kier alpha value is -0.860. The minimum Gasteiger partial charge on any atom is -0.277 e. The number of rotatable bonds is 2. The first-order valence-corrected chi connectivity index (χ1v) is 3.18. The highest BCUT2D eigenvalue weighted by atomic mass is 16.1. The molecule has 0 aromatic carbocycles. The van der Waals surface area contributed by atoms with Crippen molar-refractivity contribution in [2.45, 2.75) is 25.7 Å². The van der Waals surface area contributed by atoms with Crippen LogP contribution >= 0.6 is 0 Å². The van der Waals surface area contributed by atoms with Gasteiger partial charge in [0.25, 0.3) is 0 Å². The maximum atomic E-state index is 9.74. The van der Waals surface area contributed by atoms with Crippen LogP contribution in [0.1, 0.15) is 25.7 Å². The molecule has 0 aromatic heterocycles. The standard InChI is InChI=1S/C6H10N2O/c9-5-7-8-6-3-1-2-4-6/h5H,1-4H2,(H,7,9). The van der Waals surface area contributed by atoms with Gasteiger partial charge < -0.3 is 0 Å². The Morgan fingerprint density at radius 1 is 1.44 bits per heavy atom. The van der Waals surface area contributed by atoms with Crippen molar-refractivity contribution in [3.05, 3.63) is 0 Å². The fourth-order valence-corrected chi connectivity index (χ4v) is 1.01. The number of nitrogens with zero attached hydrogens (tertiary/aromatic N) is 1. The average Bonchev–Trinajstić information content (AvgIpc) is 2.34. The number of hydrogen-bond donors (Lipinski definition) is 1. The van der Waals surface area contributed by atoms with Crippen LogP contribution in [0.5, 0.6) is 0 Å². The molecule has 0 aromatic rings. The molecule has 9 heavy (non-hydrogen) atoms. The Morgan fingerprint density at radius 3 is 2.67 bits per heavy atom. The van der Waals surface area contributed by atoms with Gasteiger partial charge in [0, 0.05) is 5.71 Å². The van der Waals surface area contributed by atoms with Gasteiger partial charge in [-0.3, -0.25) is 4.79 Å². The SMILES string of the molecule is O=CNN=C1CCCC1. The zero-order chi connectivity index (χ0) is 6.53. The van der Waals surface area contributed by atoms with Crippen LogP contribution in [0.25, 0.3) is 0 Å². The Kier molecular flexibility index (Phi) is 2.24. The van der Waals surface area contributed by atoms with Gasteiger partial charge in [-0.15, -0.1) is 0 Å². The van der Waals surface area contributed by atoms with E-state index in [1.807, 2.05) is 0 Å². The van der Waals surface area contributed by atoms with Gasteiger partial charge >= 0.3 is 0 Å². The van der Waals surface area contributed by atoms with Crippen molar-refractivity contribution in [1.82, 2.24) is 5.43 Å². The second-order valence-corrected chi connectivity index (χ2v) is 2.13. The summed E-state index contributed by atoms with van der Waals surface area (Å²) in [5.41, 5.74) is 3.42. The molecule has 1 N–H and O–H groups in total. The largest absolute Gasteiger partial charge is 0.277 e. The summed E-state index contributed by atoms with van der Waals surface area (Å²) in [4.78, 5) is 9.74. The molecule has 1 amide bonds. The molecule has 1 aliphatic rings. The van der Waals surface area contributed by atoms with Crippen molar-refractivity contribution in [3.63, 3.8) is 0 Å². The maximum absolute atomic E-state index is 9.74. The van der Waals surface area contributed by atoms with E-state index >= 15 is 0 Å². The molecule has 1 saturated carbocycles. The Bertz CT molecular complexity index is 123. The van der Waals surface area contributed by atoms with Crippen molar-refractivity contribution in [3.8, 4) is 0 Å². The number of hydrogen-bond acceptors (Lipinski definition) is 2. The second-order valence-electron chi connectivity index (χ2n) is 2.13. The van der Waals surface area contributed by atoms with E-state index in [1.165, 1.54) is 12.8 Å². The van der Waals surface area contributed by atoms with Crippen LogP contribution in [-0.2, 0) is 4.79 Å². The van der Waals surface area contributed by atoms with E-state index in [1.54, 1.807) is 0 Å². The number of hydrazone groups is 1. The van der Waals surface area contributed by atoms with E-state index in [-0.39, 0.29) is 0 Å². The lowest BCUT2D eigenvalue weighted by Gasteiger charge is -1.89. The van der Waals surface area contributed by atoms with Crippen LogP contribution in [0, 0.1) is 0 Å². The van der Waals surface area contributed by atoms with Crippen molar-refractivity contribution >= 4 is 12.1 Å². The quantitative estimate of drug-likeness (QED) is 0.428. The summed E-state index contributed by atoms with van der Waals surface area (Å²) in [6.07, 6.45) is 5.16. The van der Waals surface area contributed by atoms with Crippen molar-refractivity contribution in [2.24, 2.45) is 5.10 Å². The molecule has 0 spiro atoms. The van der Waals surface area contributed by atoms with Crippen molar-refractivity contribution < 1.29 is 4.79 Å². The third-order valence-electron chi connectivity index (χ3n) is 1.46. The van der Waals surface area contributed by atoms with E-state index in [2.05, 4.69) is 10.5 Å². The molecular formula is C6H10N2O. The van der Waals surface area contributed by atoms with E-state index in [0.29, 0.717) is 6.41 Å². The summed E-state index contributed by atoms with van der Waals surface area (Å²) < 4.78 is 0. The second kappa shape index (κ2) is 3.22. The molecule has 0 aliphatic heterocycles. The first kappa shape index (κ1) is 6.26. The highest BCUT2D eigenvalue weighted by Gasteiger charge is 2.06. The lowest BCUT2D eigenvalue weighted by Crippen LogP contribution is -2.04. The predicted octanol–water partition coefficient (Wildman–Crippen LogP) is 0.662. The minimum absolute atomic E-state index is 0.602. The van der Waals surface area contributed by atoms with Crippen LogP contribution in [0.4, 0.5) is 0 Å². The molecule has 0 saturated heterocycles. The van der Waals surface area contributed by atoms with Crippen LogP contribution in [-0.4, -0.2) is 12.1 Å². The Balaban J connectivity index is 2.30. The summed E-state index contributed by atoms with van der Waals surface area (Å²) in [6.45, 7) is 0. The number of carbonyl (C=O) groups is 1. The lowest BCUT2D eigenvalue weighted by atomic mass is 10.3. The van der Waals surface area contributed by atoms with E-state index in [0.717, 1.165) is 18.6 Å². The van der Waals surface area contributed by atoms with Crippen LogP contribution < -0.4 is 5.43 Å². The van der Waals surface area contributed by atoms with Gasteiger partial charge in [0.15, 0.2) is 0 Å². The van der Waals surface area contributed by atoms with E-state index in [9.17, 15) is 4.79 Å². The molecule has 50 valence electrons. The molecule has 0 radical (unpaired) electrons. The zero-order valence-electron chi connectivity index (χ0n) is 5.26. The molecule has 1 rings (SSSR count). The lowest BCUT2D eigenvalue weighted by molar-refractivity contribution is -0.109. The topological polar surface area (TPSA) is 41.5 Å². The van der Waals surface area contributed by atoms with Crippen molar-refractivity contribution in [2.75, 3.05) is 0 Å². The van der Waals surface area contributed by atoms with Gasteiger partial charge in [0.05, 0.1) is 0 Å². The third kappa shape index (κ3) is 1.83. The third-order valence-corrected chi connectivity index (χ3v) is 1.46. The summed E-state index contributed by atoms with van der Waals surface area (Å²) in [6, 6.07) is 0. The van der Waals surface area contributed by atoms with Gasteiger partial charge in [0.1, 0.15) is 0 Å². The number of nitrogens with one attached hydrogen (secondary N) is 1. The molecule has 1 aliphatic carbocycles. The smallest absolute Gasteiger partial charge is 0.227 e. The Morgan fingerprint density at radius 2 is 2.11 bits per heavy atom. The van der Waals surface area contributed by atoms with Gasteiger partial charge in [-0.1, -0.05) is 0 Å². The monoisotopic (exact) mass is 126 g/mol. The van der Waals surface area contributed by atoms with E-state index < -0.39 is 0 Å². The fraction of sp³-hybridized carbons (Fsp3) is 0.667. The summed E-state index contributed by atoms with van der Waals surface area (Å²) >= 11 is 0. The number of carbonyl (C=O) groups excluding carboxylic acids is 1. The van der Waals surface area contributed by atoms with Crippen LogP contribution in [0.15, 0.2) is 5.10 Å².